The summed E-state index contributed by atoms with van der Waals surface area (Å²) in [6.07, 6.45) is 2.98. The first kappa shape index (κ1) is 9.45. The van der Waals surface area contributed by atoms with Crippen molar-refractivity contribution in [2.24, 2.45) is 0 Å². The topological polar surface area (TPSA) is 44.1 Å². The maximum atomic E-state index is 11.2. The van der Waals surface area contributed by atoms with E-state index in [0.29, 0.717) is 6.61 Å². The van der Waals surface area contributed by atoms with Gasteiger partial charge >= 0.3 is 5.69 Å². The molecule has 0 aliphatic heterocycles. The summed E-state index contributed by atoms with van der Waals surface area (Å²) in [6, 6.07) is 11.3. The minimum atomic E-state index is -0.409. The normalized spacial score (nSPS) is 9.87. The second-order valence-corrected chi connectivity index (χ2v) is 2.99. The Morgan fingerprint density at radius 1 is 1.20 bits per heavy atom. The number of benzene rings is 1. The van der Waals surface area contributed by atoms with E-state index in [4.69, 9.17) is 4.84 Å². The SMILES string of the molecule is O=c1ncccn1OCc1ccccc1. The van der Waals surface area contributed by atoms with E-state index in [1.54, 1.807) is 6.07 Å². The first-order chi connectivity index (χ1) is 7.36. The van der Waals surface area contributed by atoms with Crippen LogP contribution in [0, 0.1) is 0 Å². The highest BCUT2D eigenvalue weighted by atomic mass is 16.7. The van der Waals surface area contributed by atoms with E-state index < -0.39 is 5.69 Å². The highest BCUT2D eigenvalue weighted by Crippen LogP contribution is 1.97. The molecule has 1 aromatic heterocycles. The maximum Gasteiger partial charge on any atom is 0.380 e. The van der Waals surface area contributed by atoms with Crippen LogP contribution in [0.5, 0.6) is 0 Å². The van der Waals surface area contributed by atoms with E-state index in [1.165, 1.54) is 12.4 Å². The molecule has 1 aromatic carbocycles. The maximum absolute atomic E-state index is 11.2. The first-order valence-electron chi connectivity index (χ1n) is 4.57. The predicted octanol–water partition coefficient (Wildman–Crippen LogP) is 0.872. The molecule has 0 bridgehead atoms. The molecule has 0 spiro atoms. The summed E-state index contributed by atoms with van der Waals surface area (Å²) in [4.78, 5) is 20.0. The summed E-state index contributed by atoms with van der Waals surface area (Å²) in [5.41, 5.74) is 0.599. The molecule has 1 heterocycles. The molecule has 0 aliphatic carbocycles. The molecule has 0 saturated carbocycles. The molecular weight excluding hydrogens is 192 g/mol. The van der Waals surface area contributed by atoms with Crippen molar-refractivity contribution in [3.8, 4) is 0 Å². The van der Waals surface area contributed by atoms with Crippen molar-refractivity contribution in [2.45, 2.75) is 6.61 Å². The lowest BCUT2D eigenvalue weighted by atomic mass is 10.2. The van der Waals surface area contributed by atoms with Gasteiger partial charge in [0.1, 0.15) is 6.61 Å². The van der Waals surface area contributed by atoms with Crippen molar-refractivity contribution in [3.63, 3.8) is 0 Å². The van der Waals surface area contributed by atoms with Crippen molar-refractivity contribution >= 4 is 0 Å². The van der Waals surface area contributed by atoms with Crippen LogP contribution in [0.4, 0.5) is 0 Å². The van der Waals surface area contributed by atoms with Crippen LogP contribution in [-0.2, 0) is 6.61 Å². The van der Waals surface area contributed by atoms with Gasteiger partial charge in [-0.2, -0.15) is 4.98 Å². The van der Waals surface area contributed by atoms with Gasteiger partial charge in [-0.25, -0.2) is 4.79 Å². The molecular formula is C11H10N2O2. The second kappa shape index (κ2) is 4.41. The Bertz CT molecular complexity index is 479. The molecule has 76 valence electrons. The van der Waals surface area contributed by atoms with Crippen molar-refractivity contribution in [2.75, 3.05) is 0 Å². The largest absolute Gasteiger partial charge is 0.405 e. The molecule has 2 rings (SSSR count). The Kier molecular flexibility index (Phi) is 2.78. The van der Waals surface area contributed by atoms with Gasteiger partial charge in [-0.1, -0.05) is 30.3 Å². The average molecular weight is 202 g/mol. The third-order valence-electron chi connectivity index (χ3n) is 1.89. The van der Waals surface area contributed by atoms with Crippen molar-refractivity contribution in [3.05, 3.63) is 64.8 Å². The van der Waals surface area contributed by atoms with Gasteiger partial charge in [0.2, 0.25) is 0 Å². The van der Waals surface area contributed by atoms with Crippen molar-refractivity contribution in [1.29, 1.82) is 0 Å². The molecule has 0 amide bonds. The minimum Gasteiger partial charge on any atom is -0.405 e. The highest BCUT2D eigenvalue weighted by molar-refractivity contribution is 5.13. The van der Waals surface area contributed by atoms with Gasteiger partial charge < -0.3 is 4.84 Å². The van der Waals surface area contributed by atoms with Gasteiger partial charge in [0.25, 0.3) is 0 Å². The Balaban J connectivity index is 2.06. The zero-order valence-electron chi connectivity index (χ0n) is 8.04. The lowest BCUT2D eigenvalue weighted by Crippen LogP contribution is -2.27. The smallest absolute Gasteiger partial charge is 0.380 e. The zero-order valence-corrected chi connectivity index (χ0v) is 8.04. The van der Waals surface area contributed by atoms with E-state index in [0.717, 1.165) is 10.3 Å². The third-order valence-corrected chi connectivity index (χ3v) is 1.89. The Morgan fingerprint density at radius 2 is 2.00 bits per heavy atom. The molecule has 0 fully saturated rings. The second-order valence-electron chi connectivity index (χ2n) is 2.99. The Labute approximate surface area is 86.7 Å². The van der Waals surface area contributed by atoms with Crippen LogP contribution in [-0.4, -0.2) is 9.71 Å². The highest BCUT2D eigenvalue weighted by Gasteiger charge is 1.95. The predicted molar refractivity (Wildman–Crippen MR) is 55.2 cm³/mol. The average Bonchev–Trinajstić information content (AvgIpc) is 2.29. The summed E-state index contributed by atoms with van der Waals surface area (Å²) in [5, 5.41) is 0. The van der Waals surface area contributed by atoms with Crippen LogP contribution in [0.1, 0.15) is 5.56 Å². The van der Waals surface area contributed by atoms with Crippen LogP contribution < -0.4 is 10.5 Å². The summed E-state index contributed by atoms with van der Waals surface area (Å²) in [6.45, 7) is 0.354. The van der Waals surface area contributed by atoms with E-state index in [-0.39, 0.29) is 0 Å². The van der Waals surface area contributed by atoms with E-state index >= 15 is 0 Å². The van der Waals surface area contributed by atoms with Gasteiger partial charge in [0, 0.05) is 6.20 Å². The number of aromatic nitrogens is 2. The number of hydrogen-bond acceptors (Lipinski definition) is 3. The molecule has 0 saturated heterocycles. The van der Waals surface area contributed by atoms with Gasteiger partial charge in [0.05, 0.1) is 6.20 Å². The van der Waals surface area contributed by atoms with Gasteiger partial charge in [-0.15, -0.1) is 4.73 Å². The Hall–Kier alpha value is -2.10. The van der Waals surface area contributed by atoms with Crippen molar-refractivity contribution < 1.29 is 4.84 Å². The fraction of sp³-hybridized carbons (Fsp3) is 0.0909. The minimum absolute atomic E-state index is 0.354. The zero-order chi connectivity index (χ0) is 10.5. The molecule has 0 aliphatic rings. The Morgan fingerprint density at radius 3 is 2.73 bits per heavy atom. The first-order valence-corrected chi connectivity index (χ1v) is 4.57. The summed E-state index contributed by atoms with van der Waals surface area (Å²) in [5.74, 6) is 0. The summed E-state index contributed by atoms with van der Waals surface area (Å²) in [7, 11) is 0. The molecule has 0 unspecified atom stereocenters. The van der Waals surface area contributed by atoms with Crippen LogP contribution in [0.25, 0.3) is 0 Å². The number of nitrogens with zero attached hydrogens (tertiary/aromatic N) is 2. The quantitative estimate of drug-likeness (QED) is 0.741. The van der Waals surface area contributed by atoms with Crippen LogP contribution >= 0.6 is 0 Å². The van der Waals surface area contributed by atoms with E-state index in [1.807, 2.05) is 30.3 Å². The monoisotopic (exact) mass is 202 g/mol. The molecule has 0 N–H and O–H groups in total. The van der Waals surface area contributed by atoms with Gasteiger partial charge in [-0.05, 0) is 11.6 Å². The molecule has 4 heteroatoms. The lowest BCUT2D eigenvalue weighted by Gasteiger charge is -2.06. The van der Waals surface area contributed by atoms with Crippen molar-refractivity contribution in [1.82, 2.24) is 9.71 Å². The van der Waals surface area contributed by atoms with E-state index in [9.17, 15) is 4.79 Å². The molecule has 0 atom stereocenters. The fourth-order valence-electron chi connectivity index (χ4n) is 1.16. The summed E-state index contributed by atoms with van der Waals surface area (Å²) >= 11 is 0. The number of rotatable bonds is 3. The molecule has 2 aromatic rings. The van der Waals surface area contributed by atoms with Gasteiger partial charge in [-0.3, -0.25) is 0 Å². The molecule has 0 radical (unpaired) electrons. The van der Waals surface area contributed by atoms with Crippen LogP contribution in [0.15, 0.2) is 53.6 Å². The van der Waals surface area contributed by atoms with Gasteiger partial charge in [0.15, 0.2) is 0 Å². The molecule has 4 nitrogen and oxygen atoms in total. The number of hydrogen-bond donors (Lipinski definition) is 0. The fourth-order valence-corrected chi connectivity index (χ4v) is 1.16. The van der Waals surface area contributed by atoms with Crippen LogP contribution in [0.2, 0.25) is 0 Å². The summed E-state index contributed by atoms with van der Waals surface area (Å²) < 4.78 is 1.12. The lowest BCUT2D eigenvalue weighted by molar-refractivity contribution is 0.0859. The van der Waals surface area contributed by atoms with Crippen LogP contribution in [0.3, 0.4) is 0 Å². The van der Waals surface area contributed by atoms with E-state index in [2.05, 4.69) is 4.98 Å². The molecule has 15 heavy (non-hydrogen) atoms. The standard InChI is InChI=1S/C11H10N2O2/c14-11-12-7-4-8-13(11)15-9-10-5-2-1-3-6-10/h1-8H,9H2. The third kappa shape index (κ3) is 2.43.